The van der Waals surface area contributed by atoms with Crippen molar-refractivity contribution in [3.63, 3.8) is 0 Å². The van der Waals surface area contributed by atoms with Gasteiger partial charge < -0.3 is 15.8 Å². The molecular weight excluding hydrogens is 192 g/mol. The molecule has 1 saturated heterocycles. The Morgan fingerprint density at radius 1 is 1.60 bits per heavy atom. The van der Waals surface area contributed by atoms with Gasteiger partial charge in [-0.15, -0.1) is 0 Å². The van der Waals surface area contributed by atoms with E-state index in [0.29, 0.717) is 19.0 Å². The van der Waals surface area contributed by atoms with Crippen LogP contribution in [0, 0.1) is 5.92 Å². The summed E-state index contributed by atoms with van der Waals surface area (Å²) in [5, 5.41) is 2.92. The van der Waals surface area contributed by atoms with E-state index in [1.807, 2.05) is 0 Å². The summed E-state index contributed by atoms with van der Waals surface area (Å²) in [6.45, 7) is 4.19. The van der Waals surface area contributed by atoms with Crippen LogP contribution in [0.15, 0.2) is 0 Å². The van der Waals surface area contributed by atoms with Crippen LogP contribution in [0.4, 0.5) is 0 Å². The van der Waals surface area contributed by atoms with E-state index in [4.69, 9.17) is 10.5 Å². The first-order chi connectivity index (χ1) is 7.24. The van der Waals surface area contributed by atoms with Gasteiger partial charge in [0.15, 0.2) is 0 Å². The second-order valence-corrected chi connectivity index (χ2v) is 4.28. The minimum atomic E-state index is -0.219. The van der Waals surface area contributed by atoms with Crippen molar-refractivity contribution in [2.45, 2.75) is 38.7 Å². The molecule has 1 heterocycles. The highest BCUT2D eigenvalue weighted by Crippen LogP contribution is 2.12. The fourth-order valence-electron chi connectivity index (χ4n) is 1.72. The van der Waals surface area contributed by atoms with Crippen LogP contribution in [0.3, 0.4) is 0 Å². The third-order valence-electron chi connectivity index (χ3n) is 2.76. The largest absolute Gasteiger partial charge is 0.368 e. The van der Waals surface area contributed by atoms with Crippen LogP contribution in [-0.2, 0) is 9.53 Å². The van der Waals surface area contributed by atoms with Gasteiger partial charge in [0.2, 0.25) is 5.91 Å². The predicted molar refractivity (Wildman–Crippen MR) is 59.4 cm³/mol. The molecule has 0 aromatic heterocycles. The first kappa shape index (κ1) is 12.5. The maximum atomic E-state index is 11.6. The van der Waals surface area contributed by atoms with Crippen LogP contribution in [-0.4, -0.2) is 31.7 Å². The third kappa shape index (κ3) is 4.62. The van der Waals surface area contributed by atoms with Crippen molar-refractivity contribution >= 4 is 5.91 Å². The maximum absolute atomic E-state index is 11.6. The van der Waals surface area contributed by atoms with E-state index < -0.39 is 0 Å². The van der Waals surface area contributed by atoms with Crippen LogP contribution in [0.25, 0.3) is 0 Å². The zero-order valence-electron chi connectivity index (χ0n) is 9.50. The predicted octanol–water partition coefficient (Wildman–Crippen LogP) is 0.657. The number of nitrogens with two attached hydrogens (primary N) is 1. The molecule has 2 unspecified atom stereocenters. The van der Waals surface area contributed by atoms with Gasteiger partial charge in [-0.3, -0.25) is 4.79 Å². The second-order valence-electron chi connectivity index (χ2n) is 4.28. The number of hydrogen-bond acceptors (Lipinski definition) is 3. The van der Waals surface area contributed by atoms with Crippen molar-refractivity contribution in [2.75, 3.05) is 19.7 Å². The van der Waals surface area contributed by atoms with Crippen molar-refractivity contribution in [1.29, 1.82) is 0 Å². The van der Waals surface area contributed by atoms with Gasteiger partial charge >= 0.3 is 0 Å². The lowest BCUT2D eigenvalue weighted by Gasteiger charge is -2.22. The molecule has 1 amide bonds. The number of rotatable bonds is 5. The monoisotopic (exact) mass is 214 g/mol. The highest BCUT2D eigenvalue weighted by Gasteiger charge is 2.21. The molecule has 0 aromatic carbocycles. The van der Waals surface area contributed by atoms with Gasteiger partial charge in [-0.05, 0) is 38.1 Å². The summed E-state index contributed by atoms with van der Waals surface area (Å²) in [5.74, 6) is 0.487. The molecule has 88 valence electrons. The van der Waals surface area contributed by atoms with Gasteiger partial charge in [0.05, 0.1) is 0 Å². The van der Waals surface area contributed by atoms with Crippen LogP contribution < -0.4 is 11.1 Å². The average Bonchev–Trinajstić information content (AvgIpc) is 2.27. The molecule has 2 atom stereocenters. The van der Waals surface area contributed by atoms with E-state index >= 15 is 0 Å². The van der Waals surface area contributed by atoms with Crippen LogP contribution in [0.2, 0.25) is 0 Å². The summed E-state index contributed by atoms with van der Waals surface area (Å²) in [6, 6.07) is 0. The van der Waals surface area contributed by atoms with Gasteiger partial charge in [0.25, 0.3) is 0 Å². The van der Waals surface area contributed by atoms with Gasteiger partial charge in [-0.1, -0.05) is 6.92 Å². The SMILES string of the molecule is CC(CCN)CNC(=O)C1CCCCO1. The summed E-state index contributed by atoms with van der Waals surface area (Å²) in [4.78, 5) is 11.6. The fourth-order valence-corrected chi connectivity index (χ4v) is 1.72. The number of hydrogen-bond donors (Lipinski definition) is 2. The Balaban J connectivity index is 2.16. The summed E-state index contributed by atoms with van der Waals surface area (Å²) in [7, 11) is 0. The first-order valence-corrected chi connectivity index (χ1v) is 5.83. The average molecular weight is 214 g/mol. The molecule has 3 N–H and O–H groups in total. The molecular formula is C11H22N2O2. The van der Waals surface area contributed by atoms with Gasteiger partial charge in [0, 0.05) is 13.2 Å². The highest BCUT2D eigenvalue weighted by molar-refractivity contribution is 5.80. The number of carbonyl (C=O) groups is 1. The van der Waals surface area contributed by atoms with E-state index in [2.05, 4.69) is 12.2 Å². The van der Waals surface area contributed by atoms with Gasteiger partial charge in [0.1, 0.15) is 6.10 Å². The Morgan fingerprint density at radius 2 is 2.40 bits per heavy atom. The zero-order valence-corrected chi connectivity index (χ0v) is 9.50. The minimum absolute atomic E-state index is 0.0403. The Hall–Kier alpha value is -0.610. The standard InChI is InChI=1S/C11H22N2O2/c1-9(5-6-12)8-13-11(14)10-4-2-3-7-15-10/h9-10H,2-8,12H2,1H3,(H,13,14). The number of carbonyl (C=O) groups excluding carboxylic acids is 1. The third-order valence-corrected chi connectivity index (χ3v) is 2.76. The molecule has 4 nitrogen and oxygen atoms in total. The first-order valence-electron chi connectivity index (χ1n) is 5.83. The minimum Gasteiger partial charge on any atom is -0.368 e. The normalized spacial score (nSPS) is 23.5. The molecule has 0 bridgehead atoms. The Bertz CT molecular complexity index is 191. The van der Waals surface area contributed by atoms with E-state index in [0.717, 1.165) is 32.3 Å². The zero-order chi connectivity index (χ0) is 11.1. The van der Waals surface area contributed by atoms with Crippen molar-refractivity contribution in [2.24, 2.45) is 11.7 Å². The van der Waals surface area contributed by atoms with Crippen LogP contribution in [0.5, 0.6) is 0 Å². The molecule has 1 rings (SSSR count). The summed E-state index contributed by atoms with van der Waals surface area (Å²) in [5.41, 5.74) is 5.44. The van der Waals surface area contributed by atoms with E-state index in [1.165, 1.54) is 0 Å². The quantitative estimate of drug-likeness (QED) is 0.706. The molecule has 0 saturated carbocycles. The topological polar surface area (TPSA) is 64.3 Å². The van der Waals surface area contributed by atoms with E-state index in [-0.39, 0.29) is 12.0 Å². The van der Waals surface area contributed by atoms with E-state index in [1.54, 1.807) is 0 Å². The van der Waals surface area contributed by atoms with Crippen molar-refractivity contribution in [3.05, 3.63) is 0 Å². The van der Waals surface area contributed by atoms with Crippen molar-refractivity contribution in [3.8, 4) is 0 Å². The van der Waals surface area contributed by atoms with E-state index in [9.17, 15) is 4.79 Å². The molecule has 0 radical (unpaired) electrons. The molecule has 1 aliphatic rings. The summed E-state index contributed by atoms with van der Waals surface area (Å²) >= 11 is 0. The van der Waals surface area contributed by atoms with Crippen LogP contribution in [0.1, 0.15) is 32.6 Å². The van der Waals surface area contributed by atoms with Gasteiger partial charge in [-0.2, -0.15) is 0 Å². The summed E-state index contributed by atoms with van der Waals surface area (Å²) in [6.07, 6.45) is 3.76. The van der Waals surface area contributed by atoms with Gasteiger partial charge in [-0.25, -0.2) is 0 Å². The molecule has 1 fully saturated rings. The lowest BCUT2D eigenvalue weighted by molar-refractivity contribution is -0.135. The molecule has 0 aliphatic carbocycles. The number of amides is 1. The Labute approximate surface area is 91.5 Å². The molecule has 0 aromatic rings. The molecule has 1 aliphatic heterocycles. The number of ether oxygens (including phenoxy) is 1. The lowest BCUT2D eigenvalue weighted by Crippen LogP contribution is -2.40. The fraction of sp³-hybridized carbons (Fsp3) is 0.909. The molecule has 15 heavy (non-hydrogen) atoms. The summed E-state index contributed by atoms with van der Waals surface area (Å²) < 4.78 is 5.40. The molecule has 4 heteroatoms. The maximum Gasteiger partial charge on any atom is 0.249 e. The lowest BCUT2D eigenvalue weighted by atomic mass is 10.1. The molecule has 0 spiro atoms. The smallest absolute Gasteiger partial charge is 0.249 e. The van der Waals surface area contributed by atoms with Crippen LogP contribution >= 0.6 is 0 Å². The van der Waals surface area contributed by atoms with Crippen molar-refractivity contribution < 1.29 is 9.53 Å². The van der Waals surface area contributed by atoms with Crippen molar-refractivity contribution in [1.82, 2.24) is 5.32 Å². The second kappa shape index (κ2) is 6.80. The highest BCUT2D eigenvalue weighted by atomic mass is 16.5. The number of nitrogens with one attached hydrogen (secondary N) is 1. The Kier molecular flexibility index (Phi) is 5.65. The Morgan fingerprint density at radius 3 is 3.00 bits per heavy atom.